The number of nitrogens with zero attached hydrogens (tertiary/aromatic N) is 2. The molecule has 3 aromatic carbocycles. The fourth-order valence-electron chi connectivity index (χ4n) is 4.41. The van der Waals surface area contributed by atoms with Crippen LogP contribution < -0.4 is 10.1 Å². The van der Waals surface area contributed by atoms with Crippen LogP contribution in [0.15, 0.2) is 78.2 Å². The molecule has 0 aliphatic carbocycles. The van der Waals surface area contributed by atoms with Crippen molar-refractivity contribution < 1.29 is 18.7 Å². The summed E-state index contributed by atoms with van der Waals surface area (Å²) in [5.41, 5.74) is 2.59. The Kier molecular flexibility index (Phi) is 8.00. The second kappa shape index (κ2) is 11.8. The number of amides is 2. The van der Waals surface area contributed by atoms with Crippen LogP contribution in [0.3, 0.4) is 0 Å². The van der Waals surface area contributed by atoms with Crippen LogP contribution >= 0.6 is 22.9 Å². The third kappa shape index (κ3) is 6.20. The van der Waals surface area contributed by atoms with Crippen molar-refractivity contribution in [2.75, 3.05) is 25.0 Å². The smallest absolute Gasteiger partial charge is 0.275 e. The van der Waals surface area contributed by atoms with E-state index in [-0.39, 0.29) is 30.2 Å². The van der Waals surface area contributed by atoms with E-state index in [4.69, 9.17) is 16.3 Å². The van der Waals surface area contributed by atoms with Crippen LogP contribution in [0, 0.1) is 5.82 Å². The lowest BCUT2D eigenvalue weighted by molar-refractivity contribution is -0.134. The summed E-state index contributed by atoms with van der Waals surface area (Å²) in [5.74, 6) is 0.0715. The summed E-state index contributed by atoms with van der Waals surface area (Å²) in [7, 11) is 0. The van der Waals surface area contributed by atoms with E-state index in [0.717, 1.165) is 29.0 Å². The predicted molar refractivity (Wildman–Crippen MR) is 147 cm³/mol. The van der Waals surface area contributed by atoms with Gasteiger partial charge in [-0.3, -0.25) is 9.59 Å². The molecule has 0 unspecified atom stereocenters. The lowest BCUT2D eigenvalue weighted by Gasteiger charge is -2.31. The van der Waals surface area contributed by atoms with E-state index in [1.165, 1.54) is 23.5 Å². The highest BCUT2D eigenvalue weighted by Crippen LogP contribution is 2.32. The predicted octanol–water partition coefficient (Wildman–Crippen LogP) is 6.64. The highest BCUT2D eigenvalue weighted by atomic mass is 35.5. The molecular formula is C29H25ClFN3O3S. The average Bonchev–Trinajstić information content (AvgIpc) is 3.43. The molecule has 0 bridgehead atoms. The van der Waals surface area contributed by atoms with Gasteiger partial charge in [-0.1, -0.05) is 48.0 Å². The Morgan fingerprint density at radius 3 is 2.58 bits per heavy atom. The Labute approximate surface area is 229 Å². The van der Waals surface area contributed by atoms with Gasteiger partial charge in [0.1, 0.15) is 17.3 Å². The standard InChI is InChI=1S/C29H25ClFN3O3S/c30-21-4-3-5-23(16-21)37-17-27(35)34-14-12-20(13-15-34)29-33-26(18-38-29)28(36)32-25-7-2-1-6-24(25)19-8-10-22(31)11-9-19/h1-11,16,18,20H,12-15,17H2,(H,32,36). The molecule has 0 atom stereocenters. The molecule has 194 valence electrons. The first-order valence-corrected chi connectivity index (χ1v) is 13.5. The minimum Gasteiger partial charge on any atom is -0.484 e. The van der Waals surface area contributed by atoms with Crippen molar-refractivity contribution in [2.45, 2.75) is 18.8 Å². The van der Waals surface area contributed by atoms with Crippen LogP contribution in [0.5, 0.6) is 5.75 Å². The molecule has 5 rings (SSSR count). The van der Waals surface area contributed by atoms with E-state index in [9.17, 15) is 14.0 Å². The van der Waals surface area contributed by atoms with Crippen molar-refractivity contribution in [3.63, 3.8) is 0 Å². The molecule has 0 spiro atoms. The topological polar surface area (TPSA) is 71.5 Å². The number of likely N-dealkylation sites (tertiary alicyclic amines) is 1. The van der Waals surface area contributed by atoms with Crippen molar-refractivity contribution >= 4 is 40.4 Å². The van der Waals surface area contributed by atoms with Crippen LogP contribution in [0.1, 0.15) is 34.3 Å². The first-order valence-electron chi connectivity index (χ1n) is 12.2. The molecule has 6 nitrogen and oxygen atoms in total. The molecule has 1 fully saturated rings. The van der Waals surface area contributed by atoms with Gasteiger partial charge in [0, 0.05) is 40.7 Å². The molecule has 1 N–H and O–H groups in total. The van der Waals surface area contributed by atoms with E-state index in [0.29, 0.717) is 35.2 Å². The van der Waals surface area contributed by atoms with Crippen molar-refractivity contribution in [3.05, 3.63) is 99.7 Å². The Balaban J connectivity index is 1.16. The highest BCUT2D eigenvalue weighted by molar-refractivity contribution is 7.10. The van der Waals surface area contributed by atoms with Gasteiger partial charge < -0.3 is 15.0 Å². The minimum atomic E-state index is -0.314. The number of piperidine rings is 1. The molecule has 0 radical (unpaired) electrons. The van der Waals surface area contributed by atoms with Crippen LogP contribution in [-0.4, -0.2) is 41.4 Å². The van der Waals surface area contributed by atoms with Gasteiger partial charge in [0.2, 0.25) is 0 Å². The summed E-state index contributed by atoms with van der Waals surface area (Å²) in [5, 5.41) is 6.16. The normalized spacial score (nSPS) is 13.8. The maximum Gasteiger partial charge on any atom is 0.275 e. The Hall–Kier alpha value is -3.75. The number of rotatable bonds is 7. The Bertz CT molecular complexity index is 1440. The van der Waals surface area contributed by atoms with Gasteiger partial charge in [0.05, 0.1) is 5.01 Å². The maximum atomic E-state index is 13.4. The number of carbonyl (C=O) groups is 2. The van der Waals surface area contributed by atoms with Gasteiger partial charge in [-0.2, -0.15) is 0 Å². The number of aromatic nitrogens is 1. The van der Waals surface area contributed by atoms with E-state index in [1.807, 2.05) is 24.3 Å². The second-order valence-corrected chi connectivity index (χ2v) is 10.3. The third-order valence-corrected chi connectivity index (χ3v) is 7.68. The molecule has 1 aliphatic rings. The monoisotopic (exact) mass is 549 g/mol. The Morgan fingerprint density at radius 1 is 1.05 bits per heavy atom. The molecular weight excluding hydrogens is 525 g/mol. The van der Waals surface area contributed by atoms with E-state index in [1.54, 1.807) is 46.7 Å². The number of ether oxygens (including phenoxy) is 1. The average molecular weight is 550 g/mol. The number of hydrogen-bond acceptors (Lipinski definition) is 5. The van der Waals surface area contributed by atoms with Crippen molar-refractivity contribution in [2.24, 2.45) is 0 Å². The number of carbonyl (C=O) groups excluding carboxylic acids is 2. The van der Waals surface area contributed by atoms with Crippen LogP contribution in [0.2, 0.25) is 5.02 Å². The third-order valence-electron chi connectivity index (χ3n) is 6.44. The second-order valence-electron chi connectivity index (χ2n) is 8.98. The van der Waals surface area contributed by atoms with Gasteiger partial charge in [-0.25, -0.2) is 9.37 Å². The summed E-state index contributed by atoms with van der Waals surface area (Å²) in [4.78, 5) is 32.0. The number of benzene rings is 3. The summed E-state index contributed by atoms with van der Waals surface area (Å²) in [6, 6.07) is 20.5. The molecule has 9 heteroatoms. The number of halogens is 2. The lowest BCUT2D eigenvalue weighted by atomic mass is 9.97. The maximum absolute atomic E-state index is 13.4. The van der Waals surface area contributed by atoms with Gasteiger partial charge in [0.15, 0.2) is 6.61 Å². The number of thiazole rings is 1. The summed E-state index contributed by atoms with van der Waals surface area (Å²) in [6.07, 6.45) is 1.54. The zero-order valence-corrected chi connectivity index (χ0v) is 22.0. The largest absolute Gasteiger partial charge is 0.484 e. The van der Waals surface area contributed by atoms with Gasteiger partial charge >= 0.3 is 0 Å². The number of anilines is 1. The molecule has 1 aromatic heterocycles. The summed E-state index contributed by atoms with van der Waals surface area (Å²) >= 11 is 7.43. The quantitative estimate of drug-likeness (QED) is 0.280. The molecule has 2 amide bonds. The van der Waals surface area contributed by atoms with E-state index < -0.39 is 0 Å². The fraction of sp³-hybridized carbons (Fsp3) is 0.207. The van der Waals surface area contributed by atoms with Crippen LogP contribution in [0.25, 0.3) is 11.1 Å². The van der Waals surface area contributed by atoms with Crippen LogP contribution in [0.4, 0.5) is 10.1 Å². The Morgan fingerprint density at radius 2 is 1.82 bits per heavy atom. The number of hydrogen-bond donors (Lipinski definition) is 1. The van der Waals surface area contributed by atoms with Gasteiger partial charge in [-0.05, 0) is 54.8 Å². The first-order chi connectivity index (χ1) is 18.5. The molecule has 38 heavy (non-hydrogen) atoms. The van der Waals surface area contributed by atoms with Gasteiger partial charge in [-0.15, -0.1) is 11.3 Å². The van der Waals surface area contributed by atoms with Crippen LogP contribution in [-0.2, 0) is 4.79 Å². The zero-order valence-electron chi connectivity index (χ0n) is 20.4. The summed E-state index contributed by atoms with van der Waals surface area (Å²) < 4.78 is 18.9. The van der Waals surface area contributed by atoms with Crippen molar-refractivity contribution in [3.8, 4) is 16.9 Å². The van der Waals surface area contributed by atoms with E-state index >= 15 is 0 Å². The number of nitrogens with one attached hydrogen (secondary N) is 1. The van der Waals surface area contributed by atoms with Crippen molar-refractivity contribution in [1.82, 2.24) is 9.88 Å². The zero-order chi connectivity index (χ0) is 26.5. The first kappa shape index (κ1) is 25.9. The molecule has 1 aliphatic heterocycles. The number of para-hydroxylation sites is 1. The highest BCUT2D eigenvalue weighted by Gasteiger charge is 2.26. The SMILES string of the molecule is O=C(Nc1ccccc1-c1ccc(F)cc1)c1csc(C2CCN(C(=O)COc3cccc(Cl)c3)CC2)n1. The lowest BCUT2D eigenvalue weighted by Crippen LogP contribution is -2.40. The van der Waals surface area contributed by atoms with Gasteiger partial charge in [0.25, 0.3) is 11.8 Å². The summed E-state index contributed by atoms with van der Waals surface area (Å²) in [6.45, 7) is 1.18. The molecule has 2 heterocycles. The van der Waals surface area contributed by atoms with Crippen molar-refractivity contribution in [1.29, 1.82) is 0 Å². The molecule has 1 saturated heterocycles. The minimum absolute atomic E-state index is 0.0357. The van der Waals surface area contributed by atoms with E-state index in [2.05, 4.69) is 10.3 Å². The fourth-order valence-corrected chi connectivity index (χ4v) is 5.56. The molecule has 4 aromatic rings. The molecule has 0 saturated carbocycles.